The molecule has 0 aliphatic carbocycles. The van der Waals surface area contributed by atoms with E-state index in [0.29, 0.717) is 34.2 Å². The fraction of sp³-hybridized carbons (Fsp3) is 0.448. The lowest BCUT2D eigenvalue weighted by Gasteiger charge is -2.47. The number of hydrogen-bond acceptors (Lipinski definition) is 6. The number of ether oxygens (including phenoxy) is 2. The summed E-state index contributed by atoms with van der Waals surface area (Å²) in [4.78, 5) is 22.9. The standard InChI is InChI=1S/C29H36ClN3O3S/c1-7-12-33-25-17-24(30)20(15-23(25)19(2)18-29(33,3)4)16-26-27(34)32(13-14-35-5)28(37-26)31-21-8-10-22(36-6)11-9-21/h8-11,15-17,19H,7,12-14,18H2,1-6H3/b26-16+,31-28?. The number of rotatable bonds is 8. The molecule has 2 aliphatic rings. The number of carbonyl (C=O) groups is 1. The first kappa shape index (κ1) is 27.6. The zero-order valence-electron chi connectivity index (χ0n) is 22.5. The van der Waals surface area contributed by atoms with Gasteiger partial charge in [0.25, 0.3) is 5.91 Å². The van der Waals surface area contributed by atoms with E-state index >= 15 is 0 Å². The van der Waals surface area contributed by atoms with Gasteiger partial charge in [-0.2, -0.15) is 0 Å². The third-order valence-corrected chi connectivity index (χ3v) is 8.28. The number of benzene rings is 2. The number of amidine groups is 1. The van der Waals surface area contributed by atoms with Crippen LogP contribution in [0.4, 0.5) is 11.4 Å². The summed E-state index contributed by atoms with van der Waals surface area (Å²) in [7, 11) is 3.26. The van der Waals surface area contributed by atoms with Gasteiger partial charge in [0, 0.05) is 29.9 Å². The van der Waals surface area contributed by atoms with Crippen LogP contribution < -0.4 is 9.64 Å². The zero-order chi connectivity index (χ0) is 26.7. The molecule has 1 unspecified atom stereocenters. The molecule has 0 radical (unpaired) electrons. The Morgan fingerprint density at radius 3 is 2.57 bits per heavy atom. The van der Waals surface area contributed by atoms with Crippen LogP contribution in [-0.4, -0.2) is 55.4 Å². The van der Waals surface area contributed by atoms with E-state index < -0.39 is 0 Å². The summed E-state index contributed by atoms with van der Waals surface area (Å²) >= 11 is 8.20. The molecule has 6 nitrogen and oxygen atoms in total. The van der Waals surface area contributed by atoms with Gasteiger partial charge in [-0.05, 0) is 98.0 Å². The van der Waals surface area contributed by atoms with Gasteiger partial charge >= 0.3 is 0 Å². The highest BCUT2D eigenvalue weighted by Crippen LogP contribution is 2.46. The van der Waals surface area contributed by atoms with E-state index in [1.54, 1.807) is 19.1 Å². The van der Waals surface area contributed by atoms with Crippen molar-refractivity contribution in [2.75, 3.05) is 38.8 Å². The maximum absolute atomic E-state index is 13.4. The molecule has 1 atom stereocenters. The van der Waals surface area contributed by atoms with Crippen molar-refractivity contribution in [3.8, 4) is 5.75 Å². The van der Waals surface area contributed by atoms with Crippen LogP contribution in [0.15, 0.2) is 46.3 Å². The van der Waals surface area contributed by atoms with Crippen molar-refractivity contribution in [1.82, 2.24) is 4.90 Å². The van der Waals surface area contributed by atoms with Gasteiger partial charge in [0.15, 0.2) is 5.17 Å². The minimum Gasteiger partial charge on any atom is -0.497 e. The second-order valence-electron chi connectivity index (χ2n) is 10.2. The number of anilines is 1. The summed E-state index contributed by atoms with van der Waals surface area (Å²) in [5.74, 6) is 1.06. The maximum atomic E-state index is 13.4. The topological polar surface area (TPSA) is 54.4 Å². The highest BCUT2D eigenvalue weighted by Gasteiger charge is 2.37. The Hall–Kier alpha value is -2.48. The lowest BCUT2D eigenvalue weighted by Crippen LogP contribution is -2.48. The van der Waals surface area contributed by atoms with Crippen LogP contribution in [0.5, 0.6) is 5.75 Å². The first-order valence-corrected chi connectivity index (χ1v) is 13.9. The Balaban J connectivity index is 1.70. The van der Waals surface area contributed by atoms with Crippen LogP contribution in [0, 0.1) is 0 Å². The Labute approximate surface area is 229 Å². The van der Waals surface area contributed by atoms with Crippen LogP contribution in [0.3, 0.4) is 0 Å². The van der Waals surface area contributed by atoms with Crippen LogP contribution in [0.1, 0.15) is 57.6 Å². The molecule has 8 heteroatoms. The molecule has 37 heavy (non-hydrogen) atoms. The van der Waals surface area contributed by atoms with E-state index in [4.69, 9.17) is 26.1 Å². The predicted octanol–water partition coefficient (Wildman–Crippen LogP) is 7.10. The van der Waals surface area contributed by atoms with E-state index in [2.05, 4.69) is 44.7 Å². The van der Waals surface area contributed by atoms with Gasteiger partial charge in [-0.15, -0.1) is 0 Å². The number of methoxy groups -OCH3 is 2. The smallest absolute Gasteiger partial charge is 0.266 e. The summed E-state index contributed by atoms with van der Waals surface area (Å²) in [6, 6.07) is 11.7. The lowest BCUT2D eigenvalue weighted by molar-refractivity contribution is -0.122. The second kappa shape index (κ2) is 11.5. The number of nitrogens with zero attached hydrogens (tertiary/aromatic N) is 3. The monoisotopic (exact) mass is 541 g/mol. The summed E-state index contributed by atoms with van der Waals surface area (Å²) in [6.07, 6.45) is 4.04. The molecule has 1 amide bonds. The molecule has 1 saturated heterocycles. The molecular formula is C29H36ClN3O3S. The predicted molar refractivity (Wildman–Crippen MR) is 155 cm³/mol. The van der Waals surface area contributed by atoms with Crippen molar-refractivity contribution in [1.29, 1.82) is 0 Å². The fourth-order valence-corrected chi connectivity index (χ4v) is 6.39. The zero-order valence-corrected chi connectivity index (χ0v) is 24.1. The van der Waals surface area contributed by atoms with Crippen molar-refractivity contribution in [2.45, 2.75) is 52.0 Å². The SMILES string of the molecule is CCCN1c2cc(Cl)c(/C=C3/SC(=Nc4ccc(OC)cc4)N(CCOC)C3=O)cc2C(C)CC1(C)C. The van der Waals surface area contributed by atoms with Gasteiger partial charge in [-0.1, -0.05) is 25.4 Å². The molecule has 0 aromatic heterocycles. The molecule has 0 bridgehead atoms. The molecular weight excluding hydrogens is 506 g/mol. The Bertz CT molecular complexity index is 1210. The van der Waals surface area contributed by atoms with Gasteiger partial charge in [0.05, 0.1) is 30.9 Å². The molecule has 1 fully saturated rings. The van der Waals surface area contributed by atoms with Gasteiger partial charge in [-0.25, -0.2) is 4.99 Å². The normalized spacial score (nSPS) is 21.2. The second-order valence-corrected chi connectivity index (χ2v) is 11.6. The largest absolute Gasteiger partial charge is 0.497 e. The Kier molecular flexibility index (Phi) is 8.56. The van der Waals surface area contributed by atoms with Gasteiger partial charge in [-0.3, -0.25) is 9.69 Å². The van der Waals surface area contributed by atoms with E-state index in [0.717, 1.165) is 36.4 Å². The fourth-order valence-electron chi connectivity index (χ4n) is 5.16. The van der Waals surface area contributed by atoms with E-state index in [1.807, 2.05) is 30.3 Å². The lowest BCUT2D eigenvalue weighted by atomic mass is 9.79. The Morgan fingerprint density at radius 2 is 1.92 bits per heavy atom. The number of hydrogen-bond donors (Lipinski definition) is 0. The van der Waals surface area contributed by atoms with Crippen molar-refractivity contribution >= 4 is 51.9 Å². The van der Waals surface area contributed by atoms with Crippen LogP contribution in [0.25, 0.3) is 6.08 Å². The van der Waals surface area contributed by atoms with E-state index in [9.17, 15) is 4.79 Å². The highest BCUT2D eigenvalue weighted by molar-refractivity contribution is 8.18. The molecule has 198 valence electrons. The summed E-state index contributed by atoms with van der Waals surface area (Å²) in [5, 5.41) is 1.27. The minimum atomic E-state index is -0.0927. The van der Waals surface area contributed by atoms with E-state index in [1.165, 1.54) is 23.0 Å². The molecule has 2 aliphatic heterocycles. The summed E-state index contributed by atoms with van der Waals surface area (Å²) in [5.41, 5.74) is 4.16. The number of amides is 1. The summed E-state index contributed by atoms with van der Waals surface area (Å²) < 4.78 is 10.5. The first-order chi connectivity index (χ1) is 17.7. The number of halogens is 1. The van der Waals surface area contributed by atoms with E-state index in [-0.39, 0.29) is 11.4 Å². The van der Waals surface area contributed by atoms with Crippen LogP contribution >= 0.6 is 23.4 Å². The van der Waals surface area contributed by atoms with Crippen molar-refractivity contribution in [3.63, 3.8) is 0 Å². The molecule has 2 aromatic rings. The quantitative estimate of drug-likeness (QED) is 0.333. The third kappa shape index (κ3) is 5.84. The molecule has 0 spiro atoms. The van der Waals surface area contributed by atoms with Gasteiger partial charge in [0.2, 0.25) is 0 Å². The van der Waals surface area contributed by atoms with Crippen molar-refractivity contribution < 1.29 is 14.3 Å². The molecule has 0 saturated carbocycles. The average molecular weight is 542 g/mol. The first-order valence-electron chi connectivity index (χ1n) is 12.7. The molecule has 4 rings (SSSR count). The Morgan fingerprint density at radius 1 is 1.19 bits per heavy atom. The molecule has 0 N–H and O–H groups in total. The number of carbonyl (C=O) groups excluding carboxylic acids is 1. The van der Waals surface area contributed by atoms with Gasteiger partial charge in [0.1, 0.15) is 5.75 Å². The molecule has 2 heterocycles. The van der Waals surface area contributed by atoms with Crippen molar-refractivity contribution in [3.05, 3.63) is 57.5 Å². The number of fused-ring (bicyclic) bond motifs is 1. The summed E-state index contributed by atoms with van der Waals surface area (Å²) in [6.45, 7) is 10.9. The van der Waals surface area contributed by atoms with Crippen LogP contribution in [0.2, 0.25) is 5.02 Å². The van der Waals surface area contributed by atoms with Crippen LogP contribution in [-0.2, 0) is 9.53 Å². The maximum Gasteiger partial charge on any atom is 0.266 e. The average Bonchev–Trinajstić information content (AvgIpc) is 3.15. The number of aliphatic imine (C=N–C) groups is 1. The highest BCUT2D eigenvalue weighted by atomic mass is 35.5. The minimum absolute atomic E-state index is 0.0671. The number of thioether (sulfide) groups is 1. The van der Waals surface area contributed by atoms with Crippen molar-refractivity contribution in [2.24, 2.45) is 4.99 Å². The third-order valence-electron chi connectivity index (χ3n) is 6.94. The van der Waals surface area contributed by atoms with Gasteiger partial charge < -0.3 is 14.4 Å². The molecule has 2 aromatic carbocycles.